The number of rotatable bonds is 1. The van der Waals surface area contributed by atoms with Gasteiger partial charge in [-0.15, -0.1) is 12.4 Å². The summed E-state index contributed by atoms with van der Waals surface area (Å²) in [6.07, 6.45) is 1.18. The second-order valence-corrected chi connectivity index (χ2v) is 4.22. The fraction of sp³-hybridized carbons (Fsp3) is 0.417. The fourth-order valence-electron chi connectivity index (χ4n) is 2.25. The Hall–Kier alpha value is -1.10. The van der Waals surface area contributed by atoms with E-state index < -0.39 is 0 Å². The normalized spacial score (nSPS) is 20.8. The highest BCUT2D eigenvalue weighted by Crippen LogP contribution is 2.21. The summed E-state index contributed by atoms with van der Waals surface area (Å²) < 4.78 is 0. The van der Waals surface area contributed by atoms with Gasteiger partial charge >= 0.3 is 0 Å². The van der Waals surface area contributed by atoms with Crippen molar-refractivity contribution < 1.29 is 0 Å². The number of nitrogens with one attached hydrogen (secondary N) is 3. The van der Waals surface area contributed by atoms with Gasteiger partial charge in [0.15, 0.2) is 0 Å². The number of H-pyrrole nitrogens is 1. The van der Waals surface area contributed by atoms with Crippen LogP contribution >= 0.6 is 12.4 Å². The second kappa shape index (κ2) is 5.49. The number of hydrogen-bond acceptors (Lipinski definition) is 3. The van der Waals surface area contributed by atoms with Crippen LogP contribution in [0.3, 0.4) is 0 Å². The Morgan fingerprint density at radius 2 is 2.06 bits per heavy atom. The third-order valence-electron chi connectivity index (χ3n) is 3.10. The van der Waals surface area contributed by atoms with Crippen molar-refractivity contribution in [3.05, 3.63) is 30.0 Å². The Morgan fingerprint density at radius 3 is 3.00 bits per heavy atom. The first-order valence-corrected chi connectivity index (χ1v) is 5.82. The van der Waals surface area contributed by atoms with Crippen LogP contribution in [0.15, 0.2) is 24.3 Å². The van der Waals surface area contributed by atoms with Crippen molar-refractivity contribution in [2.24, 2.45) is 0 Å². The van der Waals surface area contributed by atoms with Gasteiger partial charge < -0.3 is 10.6 Å². The number of benzene rings is 1. The number of aromatic nitrogens is 2. The maximum absolute atomic E-state index is 4.43. The van der Waals surface area contributed by atoms with Gasteiger partial charge in [0.1, 0.15) is 0 Å². The van der Waals surface area contributed by atoms with E-state index in [0.29, 0.717) is 6.04 Å². The maximum Gasteiger partial charge on any atom is 0.0883 e. The highest BCUT2D eigenvalue weighted by molar-refractivity contribution is 5.85. The minimum absolute atomic E-state index is 0. The molecule has 5 heteroatoms. The third kappa shape index (κ3) is 2.44. The van der Waals surface area contributed by atoms with Crippen LogP contribution in [-0.4, -0.2) is 29.8 Å². The lowest BCUT2D eigenvalue weighted by Gasteiger charge is -2.13. The zero-order valence-electron chi connectivity index (χ0n) is 9.57. The molecule has 1 aromatic heterocycles. The van der Waals surface area contributed by atoms with E-state index in [9.17, 15) is 0 Å². The Kier molecular flexibility index (Phi) is 3.99. The van der Waals surface area contributed by atoms with Gasteiger partial charge in [-0.05, 0) is 25.6 Å². The maximum atomic E-state index is 4.43. The van der Waals surface area contributed by atoms with E-state index in [1.807, 2.05) is 6.07 Å². The van der Waals surface area contributed by atoms with Gasteiger partial charge in [-0.1, -0.05) is 18.2 Å². The molecule has 3 rings (SSSR count). The zero-order valence-corrected chi connectivity index (χ0v) is 10.4. The first kappa shape index (κ1) is 12.4. The topological polar surface area (TPSA) is 52.7 Å². The molecule has 92 valence electrons. The van der Waals surface area contributed by atoms with E-state index in [4.69, 9.17) is 0 Å². The van der Waals surface area contributed by atoms with Crippen molar-refractivity contribution in [3.8, 4) is 0 Å². The monoisotopic (exact) mass is 252 g/mol. The second-order valence-electron chi connectivity index (χ2n) is 4.22. The van der Waals surface area contributed by atoms with Crippen LogP contribution in [0.4, 0.5) is 0 Å². The molecule has 1 aliphatic heterocycles. The molecule has 1 atom stereocenters. The van der Waals surface area contributed by atoms with Gasteiger partial charge in [-0.25, -0.2) is 0 Å². The SMILES string of the molecule is Cl.c1ccc2c(C3CNCCCN3)n[nH]c2c1. The van der Waals surface area contributed by atoms with Gasteiger partial charge in [0.25, 0.3) is 0 Å². The van der Waals surface area contributed by atoms with Crippen LogP contribution < -0.4 is 10.6 Å². The molecule has 1 aromatic carbocycles. The van der Waals surface area contributed by atoms with Gasteiger partial charge in [0.05, 0.1) is 17.3 Å². The quantitative estimate of drug-likeness (QED) is 0.723. The summed E-state index contributed by atoms with van der Waals surface area (Å²) in [6.45, 7) is 3.10. The minimum atomic E-state index is 0. The number of para-hydroxylation sites is 1. The molecule has 0 saturated carbocycles. The van der Waals surface area contributed by atoms with Crippen LogP contribution in [0.25, 0.3) is 10.9 Å². The van der Waals surface area contributed by atoms with Gasteiger partial charge in [-0.2, -0.15) is 5.10 Å². The number of fused-ring (bicyclic) bond motifs is 1. The Balaban J connectivity index is 0.00000108. The van der Waals surface area contributed by atoms with E-state index in [1.165, 1.54) is 11.8 Å². The smallest absolute Gasteiger partial charge is 0.0883 e. The minimum Gasteiger partial charge on any atom is -0.315 e. The molecule has 0 aliphatic carbocycles. The Bertz CT molecular complexity index is 474. The molecule has 0 amide bonds. The lowest BCUT2D eigenvalue weighted by molar-refractivity contribution is 0.542. The van der Waals surface area contributed by atoms with Gasteiger partial charge in [-0.3, -0.25) is 5.10 Å². The van der Waals surface area contributed by atoms with Crippen LogP contribution in [0, 0.1) is 0 Å². The van der Waals surface area contributed by atoms with Crippen molar-refractivity contribution in [3.63, 3.8) is 0 Å². The average Bonchev–Trinajstić information content (AvgIpc) is 2.57. The third-order valence-corrected chi connectivity index (χ3v) is 3.10. The standard InChI is InChI=1S/C12H16N4.ClH/c1-2-5-10-9(4-1)12(16-15-10)11-8-13-6-3-7-14-11;/h1-2,4-5,11,13-14H,3,6-8H2,(H,15,16);1H. The molecular formula is C12H17ClN4. The summed E-state index contributed by atoms with van der Waals surface area (Å²) in [4.78, 5) is 0. The van der Waals surface area contributed by atoms with Crippen LogP contribution in [0.2, 0.25) is 0 Å². The van der Waals surface area contributed by atoms with E-state index >= 15 is 0 Å². The fourth-order valence-corrected chi connectivity index (χ4v) is 2.25. The molecule has 1 aliphatic rings. The number of hydrogen-bond donors (Lipinski definition) is 3. The van der Waals surface area contributed by atoms with Crippen molar-refractivity contribution in [1.82, 2.24) is 20.8 Å². The predicted octanol–water partition coefficient (Wildman–Crippen LogP) is 1.61. The molecular weight excluding hydrogens is 236 g/mol. The van der Waals surface area contributed by atoms with Crippen LogP contribution in [0.1, 0.15) is 18.2 Å². The van der Waals surface area contributed by atoms with Crippen molar-refractivity contribution >= 4 is 23.3 Å². The molecule has 3 N–H and O–H groups in total. The lowest BCUT2D eigenvalue weighted by Crippen LogP contribution is -2.27. The van der Waals surface area contributed by atoms with Gasteiger partial charge in [0, 0.05) is 11.9 Å². The van der Waals surface area contributed by atoms with Crippen molar-refractivity contribution in [1.29, 1.82) is 0 Å². The van der Waals surface area contributed by atoms with E-state index in [0.717, 1.165) is 30.8 Å². The molecule has 1 unspecified atom stereocenters. The van der Waals surface area contributed by atoms with Crippen LogP contribution in [0.5, 0.6) is 0 Å². The van der Waals surface area contributed by atoms with E-state index in [2.05, 4.69) is 39.0 Å². The molecule has 0 spiro atoms. The van der Waals surface area contributed by atoms with Crippen molar-refractivity contribution in [2.75, 3.05) is 19.6 Å². The largest absolute Gasteiger partial charge is 0.315 e. The summed E-state index contributed by atoms with van der Waals surface area (Å²) in [7, 11) is 0. The molecule has 1 fully saturated rings. The molecule has 2 heterocycles. The van der Waals surface area contributed by atoms with E-state index in [-0.39, 0.29) is 12.4 Å². The zero-order chi connectivity index (χ0) is 10.8. The van der Waals surface area contributed by atoms with Gasteiger partial charge in [0.2, 0.25) is 0 Å². The summed E-state index contributed by atoms with van der Waals surface area (Å²) in [5.74, 6) is 0. The van der Waals surface area contributed by atoms with Crippen LogP contribution in [-0.2, 0) is 0 Å². The number of nitrogens with zero attached hydrogens (tertiary/aromatic N) is 1. The summed E-state index contributed by atoms with van der Waals surface area (Å²) in [5.41, 5.74) is 2.24. The summed E-state index contributed by atoms with van der Waals surface area (Å²) >= 11 is 0. The van der Waals surface area contributed by atoms with E-state index in [1.54, 1.807) is 0 Å². The molecule has 2 aromatic rings. The Morgan fingerprint density at radius 1 is 1.18 bits per heavy atom. The lowest BCUT2D eigenvalue weighted by atomic mass is 10.1. The highest BCUT2D eigenvalue weighted by Gasteiger charge is 2.18. The Labute approximate surface area is 107 Å². The molecule has 0 bridgehead atoms. The van der Waals surface area contributed by atoms with Crippen molar-refractivity contribution in [2.45, 2.75) is 12.5 Å². The summed E-state index contributed by atoms with van der Waals surface area (Å²) in [6, 6.07) is 8.60. The average molecular weight is 253 g/mol. The molecule has 4 nitrogen and oxygen atoms in total. The first-order chi connectivity index (χ1) is 7.95. The molecule has 0 radical (unpaired) electrons. The predicted molar refractivity (Wildman–Crippen MR) is 71.6 cm³/mol. The number of halogens is 1. The molecule has 1 saturated heterocycles. The highest BCUT2D eigenvalue weighted by atomic mass is 35.5. The summed E-state index contributed by atoms with van der Waals surface area (Å²) in [5, 5.41) is 15.7. The molecule has 17 heavy (non-hydrogen) atoms. The first-order valence-electron chi connectivity index (χ1n) is 5.82. The number of aromatic amines is 1.